The number of nitrogens with zero attached hydrogens (tertiary/aromatic N) is 2. The molecule has 0 bridgehead atoms. The molecular weight excluding hydrogens is 514 g/mol. The van der Waals surface area contributed by atoms with Crippen molar-refractivity contribution in [3.63, 3.8) is 0 Å². The van der Waals surface area contributed by atoms with Crippen LogP contribution in [0.5, 0.6) is 0 Å². The molecule has 3 aromatic rings. The van der Waals surface area contributed by atoms with Crippen LogP contribution in [0.1, 0.15) is 50.3 Å². The van der Waals surface area contributed by atoms with Crippen LogP contribution in [-0.2, 0) is 17.8 Å². The Hall–Kier alpha value is -3.92. The molecule has 4 rings (SSSR count). The topological polar surface area (TPSA) is 141 Å². The highest BCUT2D eigenvalue weighted by atomic mass is 16.3. The summed E-state index contributed by atoms with van der Waals surface area (Å²) < 4.78 is 0. The highest BCUT2D eigenvalue weighted by molar-refractivity contribution is 6.03. The van der Waals surface area contributed by atoms with Crippen LogP contribution in [0.3, 0.4) is 0 Å². The fourth-order valence-electron chi connectivity index (χ4n) is 5.35. The van der Waals surface area contributed by atoms with Crippen molar-refractivity contribution in [3.8, 4) is 11.1 Å². The van der Waals surface area contributed by atoms with Gasteiger partial charge in [-0.1, -0.05) is 66.7 Å². The highest BCUT2D eigenvalue weighted by Gasteiger charge is 2.26. The van der Waals surface area contributed by atoms with Gasteiger partial charge in [-0.25, -0.2) is 11.4 Å². The van der Waals surface area contributed by atoms with Gasteiger partial charge < -0.3 is 26.4 Å². The standard InChI is InChI=1S/C32H43N7O2/c1-22(40)19-35-32(2,3)18-30(41)36-26-17-16-25-8-4-7-11-29(25)39(21-26)20-23-12-14-24(15-13-23)27-9-5-6-10-28(27)31(33)37-38-34/h4-15,22,26,35,38,40H,16-21,34H2,1-3H3,(H2,33,37)(H,36,41)/t22-,26?/m1/s1. The summed E-state index contributed by atoms with van der Waals surface area (Å²) in [6, 6.07) is 24.8. The average molecular weight is 558 g/mol. The monoisotopic (exact) mass is 557 g/mol. The molecule has 1 amide bonds. The number of amides is 1. The molecular formula is C32H43N7O2. The highest BCUT2D eigenvalue weighted by Crippen LogP contribution is 2.29. The molecule has 1 heterocycles. The van der Waals surface area contributed by atoms with Crippen LogP contribution in [-0.4, -0.2) is 47.6 Å². The molecule has 1 aliphatic rings. The molecule has 41 heavy (non-hydrogen) atoms. The smallest absolute Gasteiger partial charge is 0.222 e. The second-order valence-corrected chi connectivity index (χ2v) is 11.5. The molecule has 0 aliphatic carbocycles. The summed E-state index contributed by atoms with van der Waals surface area (Å²) in [5.41, 5.74) is 14.5. The second-order valence-electron chi connectivity index (χ2n) is 11.5. The van der Waals surface area contributed by atoms with E-state index in [0.717, 1.165) is 29.5 Å². The largest absolute Gasteiger partial charge is 0.392 e. The first-order valence-electron chi connectivity index (χ1n) is 14.2. The first-order valence-corrected chi connectivity index (χ1v) is 14.2. The van der Waals surface area contributed by atoms with Gasteiger partial charge in [-0.2, -0.15) is 0 Å². The van der Waals surface area contributed by atoms with Gasteiger partial charge in [0.2, 0.25) is 5.91 Å². The number of hydrazone groups is 1. The number of aliphatic hydroxyl groups is 1. The van der Waals surface area contributed by atoms with E-state index in [9.17, 15) is 9.90 Å². The number of hydrogen-bond acceptors (Lipinski definition) is 7. The molecule has 0 aromatic heterocycles. The molecule has 1 aliphatic heterocycles. The van der Waals surface area contributed by atoms with Gasteiger partial charge in [0.05, 0.1) is 6.10 Å². The van der Waals surface area contributed by atoms with Gasteiger partial charge in [0.25, 0.3) is 0 Å². The molecule has 0 spiro atoms. The van der Waals surface area contributed by atoms with Gasteiger partial charge in [0, 0.05) is 48.9 Å². The molecule has 8 N–H and O–H groups in total. The number of hydrogen-bond donors (Lipinski definition) is 6. The Balaban J connectivity index is 1.49. The first-order chi connectivity index (χ1) is 19.6. The second kappa shape index (κ2) is 13.6. The van der Waals surface area contributed by atoms with E-state index in [0.29, 0.717) is 31.9 Å². The maximum Gasteiger partial charge on any atom is 0.222 e. The summed E-state index contributed by atoms with van der Waals surface area (Å²) in [4.78, 5) is 15.4. The minimum Gasteiger partial charge on any atom is -0.392 e. The molecule has 0 saturated carbocycles. The summed E-state index contributed by atoms with van der Waals surface area (Å²) in [5, 5.41) is 20.1. The van der Waals surface area contributed by atoms with Crippen LogP contribution in [0.2, 0.25) is 0 Å². The van der Waals surface area contributed by atoms with E-state index in [-0.39, 0.29) is 11.9 Å². The van der Waals surface area contributed by atoms with Crippen molar-refractivity contribution in [1.82, 2.24) is 16.2 Å². The number of rotatable bonds is 11. The Morgan fingerprint density at radius 2 is 1.80 bits per heavy atom. The fourth-order valence-corrected chi connectivity index (χ4v) is 5.35. The van der Waals surface area contributed by atoms with Crippen molar-refractivity contribution >= 4 is 17.4 Å². The number of para-hydroxylation sites is 1. The zero-order chi connectivity index (χ0) is 29.4. The van der Waals surface area contributed by atoms with E-state index in [2.05, 4.69) is 74.7 Å². The number of β-amino-alcohol motifs (C(OH)–C–C–N with tert-alkyl or cyclic N) is 1. The molecule has 0 radical (unpaired) electrons. The van der Waals surface area contributed by atoms with Crippen LogP contribution in [0.15, 0.2) is 77.9 Å². The Bertz CT molecular complexity index is 1340. The Morgan fingerprint density at radius 3 is 2.54 bits per heavy atom. The minimum atomic E-state index is -0.462. The Labute approximate surface area is 243 Å². The molecule has 9 nitrogen and oxygen atoms in total. The Morgan fingerprint density at radius 1 is 1.10 bits per heavy atom. The third kappa shape index (κ3) is 8.29. The predicted octanol–water partition coefficient (Wildman–Crippen LogP) is 3.01. The van der Waals surface area contributed by atoms with Crippen LogP contribution in [0, 0.1) is 0 Å². The molecule has 218 valence electrons. The number of benzene rings is 3. The van der Waals surface area contributed by atoms with Gasteiger partial charge in [0.15, 0.2) is 5.84 Å². The number of nitrogens with two attached hydrogens (primary N) is 2. The molecule has 1 unspecified atom stereocenters. The van der Waals surface area contributed by atoms with Gasteiger partial charge >= 0.3 is 0 Å². The Kier molecular flexibility index (Phi) is 9.99. The van der Waals surface area contributed by atoms with Crippen LogP contribution in [0.25, 0.3) is 11.1 Å². The van der Waals surface area contributed by atoms with Gasteiger partial charge in [0.1, 0.15) is 0 Å². The van der Waals surface area contributed by atoms with Crippen molar-refractivity contribution in [3.05, 3.63) is 89.5 Å². The number of aryl methyl sites for hydroxylation is 1. The van der Waals surface area contributed by atoms with Crippen molar-refractivity contribution in [1.29, 1.82) is 0 Å². The van der Waals surface area contributed by atoms with E-state index in [4.69, 9.17) is 11.6 Å². The zero-order valence-electron chi connectivity index (χ0n) is 24.2. The van der Waals surface area contributed by atoms with Crippen molar-refractivity contribution in [2.24, 2.45) is 16.7 Å². The summed E-state index contributed by atoms with van der Waals surface area (Å²) in [6.07, 6.45) is 1.65. The molecule has 9 heteroatoms. The lowest BCUT2D eigenvalue weighted by atomic mass is 9.98. The maximum atomic E-state index is 13.1. The zero-order valence-corrected chi connectivity index (χ0v) is 24.2. The summed E-state index contributed by atoms with van der Waals surface area (Å²) in [7, 11) is 0. The van der Waals surface area contributed by atoms with Gasteiger partial charge in [-0.15, -0.1) is 5.10 Å². The van der Waals surface area contributed by atoms with Crippen LogP contribution >= 0.6 is 0 Å². The number of carbonyl (C=O) groups is 1. The number of hydrazine groups is 1. The number of aliphatic hydroxyl groups excluding tert-OH is 1. The average Bonchev–Trinajstić information content (AvgIpc) is 3.11. The van der Waals surface area contributed by atoms with E-state index in [1.54, 1.807) is 6.92 Å². The lowest BCUT2D eigenvalue weighted by Gasteiger charge is -2.30. The third-order valence-electron chi connectivity index (χ3n) is 7.41. The van der Waals surface area contributed by atoms with Gasteiger partial charge in [-0.05, 0) is 61.9 Å². The van der Waals surface area contributed by atoms with Crippen molar-refractivity contribution in [2.75, 3.05) is 18.0 Å². The molecule has 0 fully saturated rings. The lowest BCUT2D eigenvalue weighted by molar-refractivity contribution is -0.123. The normalized spacial score (nSPS) is 16.5. The van der Waals surface area contributed by atoms with Gasteiger partial charge in [-0.3, -0.25) is 4.79 Å². The summed E-state index contributed by atoms with van der Waals surface area (Å²) >= 11 is 0. The minimum absolute atomic E-state index is 0.0136. The van der Waals surface area contributed by atoms with Crippen LogP contribution in [0.4, 0.5) is 5.69 Å². The first kappa shape index (κ1) is 30.0. The number of nitrogens with one attached hydrogen (secondary N) is 3. The SMILES string of the molecule is C[C@@H](O)CNC(C)(C)CC(=O)NC1CCc2ccccc2N(Cc2ccc(-c3ccccc3/C(N)=N/NN)cc2)C1. The fraction of sp³-hybridized carbons (Fsp3) is 0.375. The van der Waals surface area contributed by atoms with Crippen molar-refractivity contribution < 1.29 is 9.90 Å². The van der Waals surface area contributed by atoms with E-state index in [1.165, 1.54) is 16.8 Å². The summed E-state index contributed by atoms with van der Waals surface area (Å²) in [6.45, 7) is 7.59. The molecule has 2 atom stereocenters. The van der Waals surface area contributed by atoms with E-state index >= 15 is 0 Å². The van der Waals surface area contributed by atoms with E-state index < -0.39 is 11.6 Å². The summed E-state index contributed by atoms with van der Waals surface area (Å²) in [5.74, 6) is 5.67. The van der Waals surface area contributed by atoms with Crippen LogP contribution < -0.4 is 32.6 Å². The molecule has 0 saturated heterocycles. The number of anilines is 1. The lowest BCUT2D eigenvalue weighted by Crippen LogP contribution is -2.49. The maximum absolute atomic E-state index is 13.1. The van der Waals surface area contributed by atoms with Crippen molar-refractivity contribution in [2.45, 2.75) is 64.3 Å². The molecule has 3 aromatic carbocycles. The predicted molar refractivity (Wildman–Crippen MR) is 166 cm³/mol. The number of carbonyl (C=O) groups excluding carboxylic acids is 1. The third-order valence-corrected chi connectivity index (χ3v) is 7.41. The number of fused-ring (bicyclic) bond motifs is 1. The number of amidine groups is 1. The van der Waals surface area contributed by atoms with E-state index in [1.807, 2.05) is 38.1 Å². The quantitative estimate of drug-likeness (QED) is 0.0921.